The molecule has 1 saturated heterocycles. The Morgan fingerprint density at radius 2 is 1.93 bits per heavy atom. The first-order chi connectivity index (χ1) is 14.3. The lowest BCUT2D eigenvalue weighted by Gasteiger charge is -2.34. The van der Waals surface area contributed by atoms with E-state index in [1.165, 1.54) is 21.2 Å². The van der Waals surface area contributed by atoms with Crippen LogP contribution in [-0.4, -0.2) is 53.9 Å². The summed E-state index contributed by atoms with van der Waals surface area (Å²) >= 11 is 2.53. The monoisotopic (exact) mass is 465 g/mol. The van der Waals surface area contributed by atoms with Crippen LogP contribution in [0.25, 0.3) is 10.2 Å². The van der Waals surface area contributed by atoms with Crippen molar-refractivity contribution in [2.45, 2.75) is 37.3 Å². The van der Waals surface area contributed by atoms with Crippen molar-refractivity contribution in [3.63, 3.8) is 0 Å². The molecule has 0 spiro atoms. The van der Waals surface area contributed by atoms with E-state index in [2.05, 4.69) is 26.8 Å². The molecule has 1 fully saturated rings. The summed E-state index contributed by atoms with van der Waals surface area (Å²) in [5, 5.41) is 1.15. The van der Waals surface area contributed by atoms with Crippen LogP contribution in [0.15, 0.2) is 15.3 Å². The number of H-pyrrole nitrogens is 1. The molecule has 1 atom stereocenters. The van der Waals surface area contributed by atoms with Crippen molar-refractivity contribution in [1.82, 2.24) is 19.3 Å². The normalized spacial score (nSPS) is 20.6. The van der Waals surface area contributed by atoms with Gasteiger partial charge in [-0.3, -0.25) is 4.79 Å². The minimum atomic E-state index is -3.67. The summed E-state index contributed by atoms with van der Waals surface area (Å²) in [6, 6.07) is 0. The fraction of sp³-hybridized carbons (Fsp3) is 0.526. The number of fused-ring (bicyclic) bond motifs is 3. The summed E-state index contributed by atoms with van der Waals surface area (Å²) in [4.78, 5) is 27.5. The number of thiophene rings is 1. The predicted molar refractivity (Wildman–Crippen MR) is 119 cm³/mol. The SMILES string of the molecule is Cc1[nH]c(=O)sc1S(=O)(=O)N1CCN(c2ncnc3sc4c(c23)CCC(C)C4)CC1. The molecular formula is C19H23N5O3S3. The van der Waals surface area contributed by atoms with E-state index in [4.69, 9.17) is 0 Å². The van der Waals surface area contributed by atoms with E-state index >= 15 is 0 Å². The highest BCUT2D eigenvalue weighted by molar-refractivity contribution is 7.91. The number of sulfonamides is 1. The molecule has 3 aromatic heterocycles. The van der Waals surface area contributed by atoms with Crippen LogP contribution in [0, 0.1) is 12.8 Å². The summed E-state index contributed by atoms with van der Waals surface area (Å²) in [6.07, 6.45) is 4.95. The predicted octanol–water partition coefficient (Wildman–Crippen LogP) is 2.39. The highest BCUT2D eigenvalue weighted by Gasteiger charge is 2.33. The molecule has 8 nitrogen and oxygen atoms in total. The highest BCUT2D eigenvalue weighted by Crippen LogP contribution is 2.40. The van der Waals surface area contributed by atoms with Gasteiger partial charge in [0.2, 0.25) is 0 Å². The van der Waals surface area contributed by atoms with Gasteiger partial charge in [0.05, 0.1) is 5.39 Å². The number of nitrogens with one attached hydrogen (secondary N) is 1. The molecule has 1 N–H and O–H groups in total. The average Bonchev–Trinajstić information content (AvgIpc) is 3.26. The van der Waals surface area contributed by atoms with Crippen LogP contribution in [0.3, 0.4) is 0 Å². The molecule has 3 aromatic rings. The van der Waals surface area contributed by atoms with E-state index in [1.54, 1.807) is 24.6 Å². The second kappa shape index (κ2) is 7.40. The molecule has 1 unspecified atom stereocenters. The topological polar surface area (TPSA) is 99.3 Å². The number of aromatic nitrogens is 3. The molecule has 160 valence electrons. The summed E-state index contributed by atoms with van der Waals surface area (Å²) in [7, 11) is -3.67. The minimum Gasteiger partial charge on any atom is -0.353 e. The minimum absolute atomic E-state index is 0.117. The Morgan fingerprint density at radius 1 is 1.17 bits per heavy atom. The highest BCUT2D eigenvalue weighted by atomic mass is 32.2. The first kappa shape index (κ1) is 20.1. The number of hydrogen-bond acceptors (Lipinski definition) is 8. The van der Waals surface area contributed by atoms with Gasteiger partial charge >= 0.3 is 4.87 Å². The summed E-state index contributed by atoms with van der Waals surface area (Å²) < 4.78 is 27.6. The van der Waals surface area contributed by atoms with E-state index in [0.717, 1.165) is 40.2 Å². The molecule has 1 aliphatic carbocycles. The van der Waals surface area contributed by atoms with E-state index < -0.39 is 10.0 Å². The first-order valence-corrected chi connectivity index (χ1v) is 13.1. The molecule has 5 rings (SSSR count). The van der Waals surface area contributed by atoms with Gasteiger partial charge < -0.3 is 9.88 Å². The summed E-state index contributed by atoms with van der Waals surface area (Å²) in [6.45, 7) is 5.77. The second-order valence-electron chi connectivity index (χ2n) is 8.05. The van der Waals surface area contributed by atoms with E-state index in [-0.39, 0.29) is 9.08 Å². The molecule has 4 heterocycles. The van der Waals surface area contributed by atoms with Crippen LogP contribution in [0.4, 0.5) is 5.82 Å². The zero-order valence-electron chi connectivity index (χ0n) is 16.8. The molecule has 0 bridgehead atoms. The number of piperazine rings is 1. The Hall–Kier alpha value is -1.82. The van der Waals surface area contributed by atoms with Gasteiger partial charge in [-0.2, -0.15) is 4.31 Å². The Kier molecular flexibility index (Phi) is 4.96. The molecule has 30 heavy (non-hydrogen) atoms. The molecule has 1 aliphatic heterocycles. The van der Waals surface area contributed by atoms with Gasteiger partial charge in [-0.05, 0) is 37.7 Å². The Labute approximate surface area is 182 Å². The molecular weight excluding hydrogens is 442 g/mol. The van der Waals surface area contributed by atoms with Gasteiger partial charge in [0.15, 0.2) is 4.21 Å². The number of rotatable bonds is 3. The second-order valence-corrected chi connectivity index (χ2v) is 12.2. The van der Waals surface area contributed by atoms with Crippen molar-refractivity contribution in [3.05, 3.63) is 32.1 Å². The molecule has 11 heteroatoms. The number of anilines is 1. The molecule has 0 radical (unpaired) electrons. The number of aryl methyl sites for hydroxylation is 2. The number of aromatic amines is 1. The quantitative estimate of drug-likeness (QED) is 0.638. The van der Waals surface area contributed by atoms with Gasteiger partial charge in [0.25, 0.3) is 10.0 Å². The smallest absolute Gasteiger partial charge is 0.305 e. The van der Waals surface area contributed by atoms with Crippen LogP contribution >= 0.6 is 22.7 Å². The Morgan fingerprint density at radius 3 is 2.63 bits per heavy atom. The lowest BCUT2D eigenvalue weighted by atomic mass is 9.89. The Balaban J connectivity index is 1.42. The van der Waals surface area contributed by atoms with Gasteiger partial charge in [0.1, 0.15) is 17.0 Å². The van der Waals surface area contributed by atoms with Gasteiger partial charge in [-0.25, -0.2) is 18.4 Å². The van der Waals surface area contributed by atoms with Crippen LogP contribution in [0.2, 0.25) is 0 Å². The molecule has 0 amide bonds. The van der Waals surface area contributed by atoms with Crippen molar-refractivity contribution in [3.8, 4) is 0 Å². The van der Waals surface area contributed by atoms with Crippen LogP contribution in [0.1, 0.15) is 29.5 Å². The number of nitrogens with zero attached hydrogens (tertiary/aromatic N) is 4. The zero-order valence-corrected chi connectivity index (χ0v) is 19.3. The standard InChI is InChI=1S/C19H23N5O3S3/c1-11-3-4-13-14(9-11)28-17-15(13)16(20-10-21-17)23-5-7-24(8-6-23)30(26,27)18-12(2)22-19(25)29-18/h10-11H,3-9H2,1-2H3,(H,22,25). The summed E-state index contributed by atoms with van der Waals surface area (Å²) in [5.41, 5.74) is 1.79. The zero-order chi connectivity index (χ0) is 21.0. The fourth-order valence-electron chi connectivity index (χ4n) is 4.39. The fourth-order valence-corrected chi connectivity index (χ4v) is 8.59. The van der Waals surface area contributed by atoms with E-state index in [9.17, 15) is 13.2 Å². The van der Waals surface area contributed by atoms with Crippen LogP contribution in [-0.2, 0) is 22.9 Å². The molecule has 0 aromatic carbocycles. The van der Waals surface area contributed by atoms with Gasteiger partial charge in [-0.15, -0.1) is 11.3 Å². The third-order valence-corrected chi connectivity index (χ3v) is 10.6. The van der Waals surface area contributed by atoms with Crippen molar-refractivity contribution in [2.75, 3.05) is 31.1 Å². The lowest BCUT2D eigenvalue weighted by Crippen LogP contribution is -2.49. The Bertz CT molecular complexity index is 1270. The van der Waals surface area contributed by atoms with Crippen LogP contribution < -0.4 is 9.77 Å². The average molecular weight is 466 g/mol. The first-order valence-electron chi connectivity index (χ1n) is 10.0. The van der Waals surface area contributed by atoms with Crippen molar-refractivity contribution in [2.24, 2.45) is 5.92 Å². The number of thiazole rings is 1. The lowest BCUT2D eigenvalue weighted by molar-refractivity contribution is 0.385. The van der Waals surface area contributed by atoms with Gasteiger partial charge in [-0.1, -0.05) is 18.3 Å². The third kappa shape index (κ3) is 3.28. The largest absolute Gasteiger partial charge is 0.353 e. The maximum atomic E-state index is 13.0. The molecule has 2 aliphatic rings. The molecule has 0 saturated carbocycles. The van der Waals surface area contributed by atoms with Gasteiger partial charge in [0, 0.05) is 36.8 Å². The van der Waals surface area contributed by atoms with E-state index in [0.29, 0.717) is 37.8 Å². The maximum Gasteiger partial charge on any atom is 0.305 e. The van der Waals surface area contributed by atoms with Crippen molar-refractivity contribution in [1.29, 1.82) is 0 Å². The summed E-state index contributed by atoms with van der Waals surface area (Å²) in [5.74, 6) is 1.62. The third-order valence-electron chi connectivity index (χ3n) is 5.97. The van der Waals surface area contributed by atoms with Crippen molar-refractivity contribution >= 4 is 48.7 Å². The van der Waals surface area contributed by atoms with Crippen molar-refractivity contribution < 1.29 is 8.42 Å². The van der Waals surface area contributed by atoms with E-state index in [1.807, 2.05) is 0 Å². The van der Waals surface area contributed by atoms with Crippen LogP contribution in [0.5, 0.6) is 0 Å². The number of hydrogen-bond donors (Lipinski definition) is 1. The maximum absolute atomic E-state index is 13.0.